The molecule has 1 aliphatic rings. The number of carbonyl (C=O) groups excluding carboxylic acids is 3. The number of hydrogen-bond donors (Lipinski definition) is 1. The molecule has 3 amide bonds. The van der Waals surface area contributed by atoms with Crippen LogP contribution in [0.2, 0.25) is 0 Å². The third-order valence-electron chi connectivity index (χ3n) is 5.26. The highest BCUT2D eigenvalue weighted by Crippen LogP contribution is 2.36. The fourth-order valence-corrected chi connectivity index (χ4v) is 3.56. The van der Waals surface area contributed by atoms with Crippen molar-refractivity contribution < 1.29 is 14.4 Å². The Bertz CT molecular complexity index is 1070. The van der Waals surface area contributed by atoms with Crippen molar-refractivity contribution in [3.05, 3.63) is 66.5 Å². The van der Waals surface area contributed by atoms with E-state index in [0.29, 0.717) is 5.69 Å². The van der Waals surface area contributed by atoms with E-state index in [1.54, 1.807) is 31.2 Å². The fraction of sp³-hybridized carbons (Fsp3) is 0.238. The van der Waals surface area contributed by atoms with E-state index in [9.17, 15) is 14.4 Å². The number of carbonyl (C=O) groups is 3. The normalized spacial score (nSPS) is 18.6. The smallest absolute Gasteiger partial charge is 0.240 e. The van der Waals surface area contributed by atoms with Crippen LogP contribution < -0.4 is 5.32 Å². The summed E-state index contributed by atoms with van der Waals surface area (Å²) in [6, 6.07) is 16.3. The molecule has 9 heteroatoms. The SMILES string of the molecule is CC1(c2ccccc2)CC(=O)N(CCC(=O)Nc2ccc(-n3cnnn3)cc2)C1=O. The van der Waals surface area contributed by atoms with Crippen LogP contribution in [0, 0.1) is 0 Å². The van der Waals surface area contributed by atoms with E-state index >= 15 is 0 Å². The molecule has 9 nitrogen and oxygen atoms in total. The fourth-order valence-electron chi connectivity index (χ4n) is 3.56. The Kier molecular flexibility index (Phi) is 5.09. The first-order valence-electron chi connectivity index (χ1n) is 9.51. The van der Waals surface area contributed by atoms with Crippen LogP contribution in [0.5, 0.6) is 0 Å². The summed E-state index contributed by atoms with van der Waals surface area (Å²) in [5.74, 6) is -0.804. The summed E-state index contributed by atoms with van der Waals surface area (Å²) in [7, 11) is 0. The molecule has 0 aliphatic carbocycles. The quantitative estimate of drug-likeness (QED) is 0.626. The van der Waals surface area contributed by atoms with Crippen LogP contribution in [0.15, 0.2) is 60.9 Å². The van der Waals surface area contributed by atoms with E-state index in [1.165, 1.54) is 15.9 Å². The van der Waals surface area contributed by atoms with Crippen molar-refractivity contribution in [3.63, 3.8) is 0 Å². The Balaban J connectivity index is 1.36. The number of imide groups is 1. The lowest BCUT2D eigenvalue weighted by Crippen LogP contribution is -2.38. The Morgan fingerprint density at radius 3 is 2.50 bits per heavy atom. The molecule has 2 aromatic carbocycles. The Labute approximate surface area is 172 Å². The van der Waals surface area contributed by atoms with Gasteiger partial charge in [0.25, 0.3) is 0 Å². The lowest BCUT2D eigenvalue weighted by molar-refractivity contribution is -0.139. The highest BCUT2D eigenvalue weighted by Gasteiger charge is 2.49. The zero-order chi connectivity index (χ0) is 21.1. The van der Waals surface area contributed by atoms with E-state index in [4.69, 9.17) is 0 Å². The van der Waals surface area contributed by atoms with Crippen LogP contribution in [0.1, 0.15) is 25.3 Å². The average molecular weight is 404 g/mol. The summed E-state index contributed by atoms with van der Waals surface area (Å²) in [6.07, 6.45) is 1.61. The Morgan fingerprint density at radius 2 is 1.83 bits per heavy atom. The lowest BCUT2D eigenvalue weighted by atomic mass is 9.81. The highest BCUT2D eigenvalue weighted by atomic mass is 16.2. The summed E-state index contributed by atoms with van der Waals surface area (Å²) in [5, 5.41) is 13.7. The van der Waals surface area contributed by atoms with Crippen LogP contribution in [-0.4, -0.2) is 49.4 Å². The minimum atomic E-state index is -0.888. The predicted octanol–water partition coefficient (Wildman–Crippen LogP) is 1.71. The molecule has 0 spiro atoms. The van der Waals surface area contributed by atoms with E-state index in [2.05, 4.69) is 20.8 Å². The molecule has 1 atom stereocenters. The van der Waals surface area contributed by atoms with Gasteiger partial charge in [0, 0.05) is 25.1 Å². The van der Waals surface area contributed by atoms with Crippen molar-refractivity contribution in [3.8, 4) is 5.69 Å². The lowest BCUT2D eigenvalue weighted by Gasteiger charge is -2.22. The van der Waals surface area contributed by atoms with Gasteiger partial charge in [0.15, 0.2) is 0 Å². The molecule has 1 unspecified atom stereocenters. The molecule has 2 heterocycles. The van der Waals surface area contributed by atoms with Gasteiger partial charge in [0.1, 0.15) is 6.33 Å². The maximum absolute atomic E-state index is 12.9. The van der Waals surface area contributed by atoms with Gasteiger partial charge in [-0.2, -0.15) is 0 Å². The van der Waals surface area contributed by atoms with Gasteiger partial charge < -0.3 is 5.32 Å². The van der Waals surface area contributed by atoms with Crippen molar-refractivity contribution in [2.75, 3.05) is 11.9 Å². The monoisotopic (exact) mass is 404 g/mol. The number of anilines is 1. The first kappa shape index (κ1) is 19.4. The Morgan fingerprint density at radius 1 is 1.10 bits per heavy atom. The zero-order valence-electron chi connectivity index (χ0n) is 16.4. The van der Waals surface area contributed by atoms with Crippen LogP contribution >= 0.6 is 0 Å². The second-order valence-electron chi connectivity index (χ2n) is 7.32. The number of aromatic nitrogens is 4. The van der Waals surface area contributed by atoms with Gasteiger partial charge in [0.2, 0.25) is 17.7 Å². The molecule has 30 heavy (non-hydrogen) atoms. The first-order chi connectivity index (χ1) is 14.5. The predicted molar refractivity (Wildman–Crippen MR) is 108 cm³/mol. The zero-order valence-corrected chi connectivity index (χ0v) is 16.4. The van der Waals surface area contributed by atoms with Crippen LogP contribution in [0.4, 0.5) is 5.69 Å². The number of amides is 3. The van der Waals surface area contributed by atoms with Crippen molar-refractivity contribution in [2.24, 2.45) is 0 Å². The number of rotatable bonds is 6. The molecular formula is C21H20N6O3. The maximum atomic E-state index is 12.9. The number of hydrogen-bond acceptors (Lipinski definition) is 6. The minimum absolute atomic E-state index is 0.0249. The summed E-state index contributed by atoms with van der Waals surface area (Å²) in [6.45, 7) is 1.82. The molecule has 152 valence electrons. The van der Waals surface area contributed by atoms with Gasteiger partial charge >= 0.3 is 0 Å². The molecule has 1 aliphatic heterocycles. The average Bonchev–Trinajstić information content (AvgIpc) is 3.36. The summed E-state index contributed by atoms with van der Waals surface area (Å²) in [4.78, 5) is 38.9. The van der Waals surface area contributed by atoms with Crippen molar-refractivity contribution >= 4 is 23.4 Å². The third kappa shape index (κ3) is 3.69. The van der Waals surface area contributed by atoms with Crippen molar-refractivity contribution in [1.29, 1.82) is 0 Å². The number of tetrazole rings is 1. The highest BCUT2D eigenvalue weighted by molar-refractivity contribution is 6.09. The van der Waals surface area contributed by atoms with Crippen LogP contribution in [-0.2, 0) is 19.8 Å². The van der Waals surface area contributed by atoms with Gasteiger partial charge in [-0.15, -0.1) is 5.10 Å². The second kappa shape index (κ2) is 7.86. The third-order valence-corrected chi connectivity index (χ3v) is 5.26. The van der Waals surface area contributed by atoms with Gasteiger partial charge in [-0.05, 0) is 47.2 Å². The molecule has 0 radical (unpaired) electrons. The molecule has 4 rings (SSSR count). The number of nitrogens with zero attached hydrogens (tertiary/aromatic N) is 5. The largest absolute Gasteiger partial charge is 0.326 e. The van der Waals surface area contributed by atoms with Crippen molar-refractivity contribution in [1.82, 2.24) is 25.1 Å². The van der Waals surface area contributed by atoms with Gasteiger partial charge in [0.05, 0.1) is 11.1 Å². The second-order valence-corrected chi connectivity index (χ2v) is 7.32. The molecule has 1 N–H and O–H groups in total. The molecule has 1 saturated heterocycles. The molecule has 0 bridgehead atoms. The van der Waals surface area contributed by atoms with Crippen LogP contribution in [0.3, 0.4) is 0 Å². The first-order valence-corrected chi connectivity index (χ1v) is 9.51. The molecule has 0 saturated carbocycles. The maximum Gasteiger partial charge on any atom is 0.240 e. The number of likely N-dealkylation sites (tertiary alicyclic amines) is 1. The van der Waals surface area contributed by atoms with E-state index < -0.39 is 5.41 Å². The van der Waals surface area contributed by atoms with Gasteiger partial charge in [-0.1, -0.05) is 30.3 Å². The minimum Gasteiger partial charge on any atom is -0.326 e. The van der Waals surface area contributed by atoms with Crippen molar-refractivity contribution in [2.45, 2.75) is 25.2 Å². The molecule has 1 aromatic heterocycles. The van der Waals surface area contributed by atoms with E-state index in [-0.39, 0.29) is 37.1 Å². The number of nitrogens with one attached hydrogen (secondary N) is 1. The van der Waals surface area contributed by atoms with Gasteiger partial charge in [-0.25, -0.2) is 4.68 Å². The topological polar surface area (TPSA) is 110 Å². The van der Waals surface area contributed by atoms with E-state index in [0.717, 1.165) is 11.3 Å². The van der Waals surface area contributed by atoms with Gasteiger partial charge in [-0.3, -0.25) is 19.3 Å². The van der Waals surface area contributed by atoms with Crippen LogP contribution in [0.25, 0.3) is 5.69 Å². The summed E-state index contributed by atoms with van der Waals surface area (Å²) < 4.78 is 1.50. The molecule has 1 fully saturated rings. The summed E-state index contributed by atoms with van der Waals surface area (Å²) >= 11 is 0. The molecular weight excluding hydrogens is 384 g/mol. The summed E-state index contributed by atoms with van der Waals surface area (Å²) in [5.41, 5.74) is 1.27. The number of benzene rings is 2. The van der Waals surface area contributed by atoms with E-state index in [1.807, 2.05) is 30.3 Å². The molecule has 3 aromatic rings. The Hall–Kier alpha value is -3.88. The standard InChI is InChI=1S/C21H20N6O3/c1-21(15-5-3-2-4-6-15)13-19(29)26(20(21)30)12-11-18(28)23-16-7-9-17(10-8-16)27-14-22-24-25-27/h2-10,14H,11-13H2,1H3,(H,23,28).